The third-order valence-corrected chi connectivity index (χ3v) is 3.99. The fourth-order valence-corrected chi connectivity index (χ4v) is 2.69. The normalized spacial score (nSPS) is 20.4. The zero-order valence-electron chi connectivity index (χ0n) is 12.9. The molecular weight excluding hydrogens is 347 g/mol. The Balaban J connectivity index is 2.12. The van der Waals surface area contributed by atoms with Crippen molar-refractivity contribution < 1.29 is 32.8 Å². The summed E-state index contributed by atoms with van der Waals surface area (Å²) in [7, 11) is 0. The summed E-state index contributed by atoms with van der Waals surface area (Å²) in [6.07, 6.45) is -4.73. The zero-order valence-corrected chi connectivity index (χ0v) is 12.9. The summed E-state index contributed by atoms with van der Waals surface area (Å²) in [4.78, 5) is 34.0. The molecule has 8 nitrogen and oxygen atoms in total. The van der Waals surface area contributed by atoms with E-state index in [0.29, 0.717) is 0 Å². The van der Waals surface area contributed by atoms with Gasteiger partial charge in [0.2, 0.25) is 0 Å². The molecule has 25 heavy (non-hydrogen) atoms. The van der Waals surface area contributed by atoms with Gasteiger partial charge in [0.25, 0.3) is 5.69 Å². The maximum Gasteiger partial charge on any atom is 0.394 e. The summed E-state index contributed by atoms with van der Waals surface area (Å²) in [5.41, 5.74) is 0.262. The molecule has 0 aromatic heterocycles. The van der Waals surface area contributed by atoms with E-state index in [1.807, 2.05) is 0 Å². The van der Waals surface area contributed by atoms with Crippen LogP contribution in [0, 0.1) is 28.9 Å². The van der Waals surface area contributed by atoms with Gasteiger partial charge in [-0.3, -0.25) is 14.9 Å². The van der Waals surface area contributed by atoms with E-state index in [1.165, 1.54) is 19.1 Å². The summed E-state index contributed by atoms with van der Waals surface area (Å²) in [5.74, 6) is -5.50. The number of carboxylic acid groups (broad SMARTS) is 1. The number of benzene rings is 1. The second kappa shape index (κ2) is 6.57. The van der Waals surface area contributed by atoms with E-state index in [-0.39, 0.29) is 16.9 Å². The molecular formula is C14H14F3N3O5. The van der Waals surface area contributed by atoms with Gasteiger partial charge in [0.1, 0.15) is 0 Å². The number of nitrogens with zero attached hydrogens (tertiary/aromatic N) is 2. The molecule has 0 unspecified atom stereocenters. The molecule has 1 heterocycles. The fraction of sp³-hybridized carbons (Fsp3) is 0.429. The Hall–Kier alpha value is -2.85. The van der Waals surface area contributed by atoms with E-state index >= 15 is 0 Å². The first kappa shape index (κ1) is 18.5. The molecule has 1 aliphatic rings. The molecule has 2 N–H and O–H groups in total. The van der Waals surface area contributed by atoms with Crippen LogP contribution >= 0.6 is 0 Å². The number of anilines is 1. The lowest BCUT2D eigenvalue weighted by molar-refractivity contribution is -0.385. The van der Waals surface area contributed by atoms with Crippen LogP contribution in [0.5, 0.6) is 0 Å². The van der Waals surface area contributed by atoms with Crippen LogP contribution in [0.1, 0.15) is 5.56 Å². The van der Waals surface area contributed by atoms with Crippen molar-refractivity contribution in [1.82, 2.24) is 4.90 Å². The quantitative estimate of drug-likeness (QED) is 0.635. The van der Waals surface area contributed by atoms with Crippen molar-refractivity contribution in [1.29, 1.82) is 0 Å². The highest BCUT2D eigenvalue weighted by molar-refractivity contribution is 5.90. The molecule has 0 bridgehead atoms. The molecule has 1 aromatic carbocycles. The van der Waals surface area contributed by atoms with Crippen molar-refractivity contribution in [3.8, 4) is 0 Å². The Kier molecular flexibility index (Phi) is 4.86. The number of carbonyl (C=O) groups is 2. The third kappa shape index (κ3) is 3.98. The second-order valence-corrected chi connectivity index (χ2v) is 5.69. The van der Waals surface area contributed by atoms with Crippen molar-refractivity contribution in [3.05, 3.63) is 33.9 Å². The Bertz CT molecular complexity index is 722. The molecule has 0 spiro atoms. The van der Waals surface area contributed by atoms with Gasteiger partial charge in [0, 0.05) is 30.4 Å². The van der Waals surface area contributed by atoms with Crippen molar-refractivity contribution in [2.45, 2.75) is 13.1 Å². The van der Waals surface area contributed by atoms with Crippen molar-refractivity contribution >= 4 is 23.4 Å². The topological polar surface area (TPSA) is 113 Å². The van der Waals surface area contributed by atoms with Crippen LogP contribution in [0.15, 0.2) is 18.2 Å². The second-order valence-electron chi connectivity index (χ2n) is 5.69. The molecule has 0 saturated carbocycles. The highest BCUT2D eigenvalue weighted by Crippen LogP contribution is 2.38. The molecule has 2 amide bonds. The Morgan fingerprint density at radius 2 is 2.00 bits per heavy atom. The van der Waals surface area contributed by atoms with Gasteiger partial charge in [-0.25, -0.2) is 4.79 Å². The fourth-order valence-electron chi connectivity index (χ4n) is 2.69. The third-order valence-electron chi connectivity index (χ3n) is 3.99. The average Bonchev–Trinajstić information content (AvgIpc) is 2.92. The van der Waals surface area contributed by atoms with Crippen molar-refractivity contribution in [2.24, 2.45) is 11.8 Å². The molecule has 1 aliphatic heterocycles. The lowest BCUT2D eigenvalue weighted by atomic mass is 9.96. The average molecular weight is 361 g/mol. The van der Waals surface area contributed by atoms with E-state index in [4.69, 9.17) is 5.11 Å². The summed E-state index contributed by atoms with van der Waals surface area (Å²) in [5, 5.41) is 22.0. The van der Waals surface area contributed by atoms with Gasteiger partial charge in [-0.2, -0.15) is 13.2 Å². The summed E-state index contributed by atoms with van der Waals surface area (Å²) >= 11 is 0. The Labute approximate surface area is 139 Å². The summed E-state index contributed by atoms with van der Waals surface area (Å²) in [6.45, 7) is 0.110. The first-order valence-electron chi connectivity index (χ1n) is 7.11. The molecule has 0 radical (unpaired) electrons. The van der Waals surface area contributed by atoms with E-state index in [1.54, 1.807) is 0 Å². The number of nitro groups is 1. The van der Waals surface area contributed by atoms with E-state index in [9.17, 15) is 32.9 Å². The number of likely N-dealkylation sites (tertiary alicyclic amines) is 1. The number of halogens is 3. The minimum Gasteiger partial charge on any atom is -0.481 e. The minimum atomic E-state index is -4.73. The maximum absolute atomic E-state index is 12.9. The van der Waals surface area contributed by atoms with Crippen molar-refractivity contribution in [3.63, 3.8) is 0 Å². The first-order valence-corrected chi connectivity index (χ1v) is 7.11. The monoisotopic (exact) mass is 361 g/mol. The van der Waals surface area contributed by atoms with Crippen LogP contribution in [0.25, 0.3) is 0 Å². The van der Waals surface area contributed by atoms with Gasteiger partial charge in [-0.15, -0.1) is 0 Å². The van der Waals surface area contributed by atoms with Crippen LogP contribution in [-0.2, 0) is 4.79 Å². The van der Waals surface area contributed by atoms with Crippen LogP contribution < -0.4 is 5.32 Å². The minimum absolute atomic E-state index is 0.162. The van der Waals surface area contributed by atoms with E-state index < -0.39 is 48.0 Å². The molecule has 1 saturated heterocycles. The lowest BCUT2D eigenvalue weighted by Gasteiger charge is -2.18. The number of carbonyl (C=O) groups excluding carboxylic acids is 1. The SMILES string of the molecule is Cc1cc(NC(=O)N2C[C@@H](C(F)(F)F)[C@H](C(=O)O)C2)ccc1[N+](=O)[O-]. The zero-order chi connectivity index (χ0) is 18.9. The number of alkyl halides is 3. The van der Waals surface area contributed by atoms with Crippen molar-refractivity contribution in [2.75, 3.05) is 18.4 Å². The number of aryl methyl sites for hydroxylation is 1. The molecule has 2 atom stereocenters. The van der Waals surface area contributed by atoms with Gasteiger partial charge in [-0.1, -0.05) is 0 Å². The Morgan fingerprint density at radius 3 is 2.44 bits per heavy atom. The van der Waals surface area contributed by atoms with Crippen LogP contribution in [-0.4, -0.2) is 46.2 Å². The van der Waals surface area contributed by atoms with Crippen LogP contribution in [0.2, 0.25) is 0 Å². The van der Waals surface area contributed by atoms with E-state index in [0.717, 1.165) is 11.0 Å². The van der Waals surface area contributed by atoms with Gasteiger partial charge < -0.3 is 15.3 Å². The summed E-state index contributed by atoms with van der Waals surface area (Å²) < 4.78 is 38.8. The molecule has 136 valence electrons. The number of nitrogens with one attached hydrogen (secondary N) is 1. The molecule has 2 rings (SSSR count). The number of hydrogen-bond donors (Lipinski definition) is 2. The molecule has 11 heteroatoms. The lowest BCUT2D eigenvalue weighted by Crippen LogP contribution is -2.35. The summed E-state index contributed by atoms with van der Waals surface area (Å²) in [6, 6.07) is 2.82. The maximum atomic E-state index is 12.9. The number of carboxylic acids is 1. The largest absolute Gasteiger partial charge is 0.481 e. The standard InChI is InChI=1S/C14H14F3N3O5/c1-7-4-8(2-3-11(7)20(24)25)18-13(23)19-5-9(12(21)22)10(6-19)14(15,16)17/h2-4,9-10H,5-6H2,1H3,(H,18,23)(H,21,22)/t9-,10-/m1/s1. The van der Waals surface area contributed by atoms with Gasteiger partial charge >= 0.3 is 18.2 Å². The predicted molar refractivity (Wildman–Crippen MR) is 79.1 cm³/mol. The predicted octanol–water partition coefficient (Wildman–Crippen LogP) is 2.63. The first-order chi connectivity index (χ1) is 11.5. The molecule has 1 fully saturated rings. The van der Waals surface area contributed by atoms with Crippen LogP contribution in [0.4, 0.5) is 29.3 Å². The number of hydrogen-bond acceptors (Lipinski definition) is 4. The smallest absolute Gasteiger partial charge is 0.394 e. The Morgan fingerprint density at radius 1 is 1.36 bits per heavy atom. The van der Waals surface area contributed by atoms with E-state index in [2.05, 4.69) is 5.32 Å². The van der Waals surface area contributed by atoms with Gasteiger partial charge in [0.05, 0.1) is 16.8 Å². The van der Waals surface area contributed by atoms with Crippen LogP contribution in [0.3, 0.4) is 0 Å². The number of aliphatic carboxylic acids is 1. The highest BCUT2D eigenvalue weighted by atomic mass is 19.4. The van der Waals surface area contributed by atoms with Gasteiger partial charge in [-0.05, 0) is 19.1 Å². The number of rotatable bonds is 3. The highest BCUT2D eigenvalue weighted by Gasteiger charge is 2.53. The molecule has 1 aromatic rings. The van der Waals surface area contributed by atoms with Gasteiger partial charge in [0.15, 0.2) is 0 Å². The molecule has 0 aliphatic carbocycles. The number of urea groups is 1. The number of nitro benzene ring substituents is 1. The number of amides is 2.